The number of methoxy groups -OCH3 is 2. The molecule has 2 heterocycles. The van der Waals surface area contributed by atoms with Crippen molar-refractivity contribution in [1.82, 2.24) is 5.32 Å². The Balaban J connectivity index is 1.54. The molecule has 3 aromatic rings. The number of rotatable bonds is 7. The molecule has 1 fully saturated rings. The van der Waals surface area contributed by atoms with E-state index in [1.807, 2.05) is 0 Å². The smallest absolute Gasteiger partial charge is 0.284 e. The van der Waals surface area contributed by atoms with Crippen molar-refractivity contribution in [2.24, 2.45) is 0 Å². The molecule has 1 amide bonds. The maximum atomic E-state index is 12.4. The second-order valence-corrected chi connectivity index (χ2v) is 8.39. The van der Waals surface area contributed by atoms with Gasteiger partial charge in [-0.15, -0.1) is 0 Å². The lowest BCUT2D eigenvalue weighted by molar-refractivity contribution is -0.384. The Morgan fingerprint density at radius 1 is 1.18 bits per heavy atom. The highest BCUT2D eigenvalue weighted by Gasteiger charge is 2.28. The van der Waals surface area contributed by atoms with Crippen molar-refractivity contribution in [2.45, 2.75) is 5.50 Å². The van der Waals surface area contributed by atoms with Gasteiger partial charge in [0.2, 0.25) is 0 Å². The minimum absolute atomic E-state index is 0.143. The Morgan fingerprint density at radius 3 is 2.73 bits per heavy atom. The minimum Gasteiger partial charge on any atom is -0.497 e. The number of halogens is 1. The number of hydrogen-bond acceptors (Lipinski definition) is 8. The average molecular weight is 488 g/mol. The van der Waals surface area contributed by atoms with Crippen LogP contribution in [0.3, 0.4) is 0 Å². The molecular formula is C22H18ClN3O6S. The first kappa shape index (κ1) is 22.6. The monoisotopic (exact) mass is 487 g/mol. The molecule has 2 aromatic carbocycles. The largest absolute Gasteiger partial charge is 0.497 e. The van der Waals surface area contributed by atoms with Gasteiger partial charge in [-0.2, -0.15) is 0 Å². The third kappa shape index (κ3) is 4.91. The molecule has 2 N–H and O–H groups in total. The summed E-state index contributed by atoms with van der Waals surface area (Å²) in [6, 6.07) is 12.9. The van der Waals surface area contributed by atoms with E-state index in [0.717, 1.165) is 0 Å². The van der Waals surface area contributed by atoms with Crippen LogP contribution in [0.2, 0.25) is 5.02 Å². The van der Waals surface area contributed by atoms with Crippen LogP contribution >= 0.6 is 23.4 Å². The topological polar surface area (TPSA) is 116 Å². The lowest BCUT2D eigenvalue weighted by atomic mass is 10.1. The number of ether oxygens (including phenoxy) is 2. The second-order valence-electron chi connectivity index (χ2n) is 6.81. The number of benzene rings is 2. The molecule has 0 aliphatic carbocycles. The summed E-state index contributed by atoms with van der Waals surface area (Å²) in [5.41, 5.74) is 0.349. The minimum atomic E-state index is -0.501. The van der Waals surface area contributed by atoms with Crippen LogP contribution in [0.4, 0.5) is 11.4 Å². The highest BCUT2D eigenvalue weighted by molar-refractivity contribution is 8.05. The van der Waals surface area contributed by atoms with Gasteiger partial charge in [-0.1, -0.05) is 23.4 Å². The Morgan fingerprint density at radius 2 is 2.00 bits per heavy atom. The van der Waals surface area contributed by atoms with E-state index in [4.69, 9.17) is 25.5 Å². The van der Waals surface area contributed by atoms with E-state index in [1.54, 1.807) is 55.7 Å². The quantitative estimate of drug-likeness (QED) is 0.268. The number of carbonyl (C=O) groups excluding carboxylic acids is 1. The number of nitrogens with one attached hydrogen (secondary N) is 2. The van der Waals surface area contributed by atoms with Gasteiger partial charge in [0.25, 0.3) is 11.6 Å². The van der Waals surface area contributed by atoms with Gasteiger partial charge in [0, 0.05) is 11.1 Å². The molecule has 0 saturated carbocycles. The molecule has 170 valence electrons. The summed E-state index contributed by atoms with van der Waals surface area (Å²) >= 11 is 7.32. The Labute approximate surface area is 197 Å². The molecule has 0 bridgehead atoms. The van der Waals surface area contributed by atoms with E-state index in [9.17, 15) is 14.9 Å². The van der Waals surface area contributed by atoms with Crippen LogP contribution < -0.4 is 20.1 Å². The summed E-state index contributed by atoms with van der Waals surface area (Å²) in [5.74, 6) is 1.36. The van der Waals surface area contributed by atoms with Crippen LogP contribution in [0.25, 0.3) is 17.4 Å². The Bertz CT molecular complexity index is 1260. The fraction of sp³-hybridized carbons (Fsp3) is 0.136. The molecule has 9 nitrogen and oxygen atoms in total. The van der Waals surface area contributed by atoms with Gasteiger partial charge in [-0.25, -0.2) is 0 Å². The molecular weight excluding hydrogens is 470 g/mol. The number of carbonyl (C=O) groups is 1. The van der Waals surface area contributed by atoms with E-state index >= 15 is 0 Å². The molecule has 1 aliphatic heterocycles. The van der Waals surface area contributed by atoms with Gasteiger partial charge in [-0.3, -0.25) is 14.9 Å². The summed E-state index contributed by atoms with van der Waals surface area (Å²) in [4.78, 5) is 23.8. The first-order chi connectivity index (χ1) is 15.9. The molecule has 1 aliphatic rings. The predicted molar refractivity (Wildman–Crippen MR) is 126 cm³/mol. The first-order valence-electron chi connectivity index (χ1n) is 9.60. The normalized spacial score (nSPS) is 16.5. The van der Waals surface area contributed by atoms with Gasteiger partial charge < -0.3 is 24.5 Å². The van der Waals surface area contributed by atoms with Gasteiger partial charge in [0.1, 0.15) is 23.0 Å². The van der Waals surface area contributed by atoms with Crippen LogP contribution in [0.1, 0.15) is 5.76 Å². The number of thioether (sulfide) groups is 1. The summed E-state index contributed by atoms with van der Waals surface area (Å²) < 4.78 is 16.2. The number of nitrogens with zero attached hydrogens (tertiary/aromatic N) is 1. The number of nitro groups is 1. The number of anilines is 1. The molecule has 0 spiro atoms. The van der Waals surface area contributed by atoms with Crippen LogP contribution in [0.15, 0.2) is 57.9 Å². The van der Waals surface area contributed by atoms with Crippen molar-refractivity contribution in [3.05, 3.63) is 74.3 Å². The van der Waals surface area contributed by atoms with Crippen molar-refractivity contribution in [2.75, 3.05) is 19.5 Å². The fourth-order valence-electron chi connectivity index (χ4n) is 3.20. The van der Waals surface area contributed by atoms with Crippen LogP contribution in [0.5, 0.6) is 11.5 Å². The van der Waals surface area contributed by atoms with E-state index in [1.165, 1.54) is 24.9 Å². The van der Waals surface area contributed by atoms with Crippen molar-refractivity contribution in [3.8, 4) is 22.8 Å². The van der Waals surface area contributed by atoms with Gasteiger partial charge in [-0.05, 0) is 42.5 Å². The van der Waals surface area contributed by atoms with Crippen molar-refractivity contribution in [3.63, 3.8) is 0 Å². The van der Waals surface area contributed by atoms with E-state index < -0.39 is 10.4 Å². The molecule has 1 atom stereocenters. The standard InChI is InChI=1S/C22H18ClN3O6S/c1-30-13-4-6-15(17(10-13)26(28)29)18-8-5-14(32-18)11-20-21(27)25-22(33-20)24-16-9-12(23)3-7-19(16)31-2/h3-11,22,24H,1-2H3,(H,25,27)/b20-11-. The van der Waals surface area contributed by atoms with E-state index in [0.29, 0.717) is 44.2 Å². The zero-order valence-electron chi connectivity index (χ0n) is 17.5. The SMILES string of the molecule is COc1ccc(-c2ccc(/C=C3\SC(Nc4cc(Cl)ccc4OC)NC3=O)o2)c([N+](=O)[O-])c1. The van der Waals surface area contributed by atoms with Gasteiger partial charge in [0.15, 0.2) is 5.50 Å². The summed E-state index contributed by atoms with van der Waals surface area (Å²) in [5, 5.41) is 18.0. The lowest BCUT2D eigenvalue weighted by Gasteiger charge is -2.15. The number of hydrogen-bond donors (Lipinski definition) is 2. The lowest BCUT2D eigenvalue weighted by Crippen LogP contribution is -2.31. The molecule has 0 radical (unpaired) electrons. The zero-order chi connectivity index (χ0) is 23.5. The Hall–Kier alpha value is -3.63. The van der Waals surface area contributed by atoms with Gasteiger partial charge in [0.05, 0.1) is 41.4 Å². The summed E-state index contributed by atoms with van der Waals surface area (Å²) in [6.07, 6.45) is 1.58. The highest BCUT2D eigenvalue weighted by atomic mass is 35.5. The predicted octanol–water partition coefficient (Wildman–Crippen LogP) is 5.13. The molecule has 11 heteroatoms. The van der Waals surface area contributed by atoms with Crippen LogP contribution in [0, 0.1) is 10.1 Å². The third-order valence-corrected chi connectivity index (χ3v) is 6.01. The third-order valence-electron chi connectivity index (χ3n) is 4.75. The summed E-state index contributed by atoms with van der Waals surface area (Å²) in [6.45, 7) is 0. The van der Waals surface area contributed by atoms with E-state index in [2.05, 4.69) is 10.6 Å². The summed E-state index contributed by atoms with van der Waals surface area (Å²) in [7, 11) is 2.98. The first-order valence-corrected chi connectivity index (χ1v) is 10.9. The molecule has 1 aromatic heterocycles. The molecule has 33 heavy (non-hydrogen) atoms. The number of nitro benzene ring substituents is 1. The molecule has 1 unspecified atom stereocenters. The number of furan rings is 1. The fourth-order valence-corrected chi connectivity index (χ4v) is 4.33. The van der Waals surface area contributed by atoms with Crippen LogP contribution in [-0.2, 0) is 4.79 Å². The zero-order valence-corrected chi connectivity index (χ0v) is 19.0. The highest BCUT2D eigenvalue weighted by Crippen LogP contribution is 2.37. The Kier molecular flexibility index (Phi) is 6.47. The van der Waals surface area contributed by atoms with Gasteiger partial charge >= 0.3 is 0 Å². The maximum Gasteiger partial charge on any atom is 0.284 e. The van der Waals surface area contributed by atoms with E-state index in [-0.39, 0.29) is 11.6 Å². The maximum absolute atomic E-state index is 12.4. The molecule has 4 rings (SSSR count). The second kappa shape index (κ2) is 9.47. The van der Waals surface area contributed by atoms with Crippen molar-refractivity contribution in [1.29, 1.82) is 0 Å². The van der Waals surface area contributed by atoms with Crippen molar-refractivity contribution < 1.29 is 23.6 Å². The van der Waals surface area contributed by atoms with Crippen LogP contribution in [-0.4, -0.2) is 30.5 Å². The average Bonchev–Trinajstić information content (AvgIpc) is 3.40. The number of amides is 1. The van der Waals surface area contributed by atoms with Crippen molar-refractivity contribution >= 4 is 46.7 Å². The molecule has 1 saturated heterocycles.